The lowest BCUT2D eigenvalue weighted by Crippen LogP contribution is -2.29. The number of rotatable bonds is 13. The lowest BCUT2D eigenvalue weighted by molar-refractivity contribution is -0.153. The van der Waals surface area contributed by atoms with E-state index in [1.807, 2.05) is 0 Å². The van der Waals surface area contributed by atoms with Crippen molar-refractivity contribution in [3.05, 3.63) is 16.7 Å². The van der Waals surface area contributed by atoms with Crippen molar-refractivity contribution < 1.29 is 19.4 Å². The minimum absolute atomic E-state index is 0.0272. The zero-order chi connectivity index (χ0) is 23.8. The Balaban J connectivity index is 1.58. The van der Waals surface area contributed by atoms with E-state index in [9.17, 15) is 14.7 Å². The third-order valence-corrected chi connectivity index (χ3v) is 5.88. The number of carbonyl (C=O) groups excluding carboxylic acids is 1. The fraction of sp³-hybridized carbons (Fsp3) is 0.739. The molecule has 1 aliphatic heterocycles. The molecule has 1 saturated heterocycles. The minimum atomic E-state index is -0.802. The van der Waals surface area contributed by atoms with Crippen LogP contribution in [0.3, 0.4) is 0 Å². The molecule has 10 nitrogen and oxygen atoms in total. The van der Waals surface area contributed by atoms with Crippen molar-refractivity contribution in [3.8, 4) is 0 Å². The standard InChI is InChI=1S/C23H37N5O5/c1-4-5-6-7-8-9-10-11-24-23-26-20-19(21(30)27-23)25-14-28(20)18-12-16(29)17(33-18)13-32-22(31)15(2)3/h14-18,29H,4-13H2,1-3H3,(H2,24,26,27,30)/t16-,17+,18+/m0/s1. The zero-order valence-electron chi connectivity index (χ0n) is 19.9. The molecule has 0 aromatic carbocycles. The van der Waals surface area contributed by atoms with Crippen LogP contribution >= 0.6 is 0 Å². The average Bonchev–Trinajstić information content (AvgIpc) is 3.37. The number of nitrogens with one attached hydrogen (secondary N) is 2. The minimum Gasteiger partial charge on any atom is -0.463 e. The molecule has 1 fully saturated rings. The van der Waals surface area contributed by atoms with Crippen LogP contribution in [0.15, 0.2) is 11.1 Å². The number of nitrogens with zero attached hydrogens (tertiary/aromatic N) is 3. The van der Waals surface area contributed by atoms with Crippen LogP contribution in [0.5, 0.6) is 0 Å². The first kappa shape index (κ1) is 25.2. The van der Waals surface area contributed by atoms with Crippen LogP contribution in [0.2, 0.25) is 0 Å². The summed E-state index contributed by atoms with van der Waals surface area (Å²) in [5.74, 6) is -0.201. The number of aliphatic hydroxyl groups is 1. The van der Waals surface area contributed by atoms with Gasteiger partial charge in [-0.15, -0.1) is 0 Å². The summed E-state index contributed by atoms with van der Waals surface area (Å²) < 4.78 is 12.8. The molecule has 10 heteroatoms. The van der Waals surface area contributed by atoms with E-state index in [1.165, 1.54) is 38.4 Å². The molecular formula is C23H37N5O5. The van der Waals surface area contributed by atoms with E-state index in [4.69, 9.17) is 9.47 Å². The number of fused-ring (bicyclic) bond motifs is 1. The highest BCUT2D eigenvalue weighted by molar-refractivity contribution is 5.71. The maximum Gasteiger partial charge on any atom is 0.308 e. The van der Waals surface area contributed by atoms with Crippen LogP contribution in [0.4, 0.5) is 5.95 Å². The van der Waals surface area contributed by atoms with Gasteiger partial charge < -0.3 is 19.9 Å². The Morgan fingerprint density at radius 3 is 2.76 bits per heavy atom. The third kappa shape index (κ3) is 6.77. The van der Waals surface area contributed by atoms with Crippen LogP contribution in [0, 0.1) is 5.92 Å². The van der Waals surface area contributed by atoms with Crippen LogP contribution in [0.1, 0.15) is 78.4 Å². The van der Waals surface area contributed by atoms with Gasteiger partial charge in [0.1, 0.15) is 18.9 Å². The van der Waals surface area contributed by atoms with E-state index in [0.717, 1.165) is 19.4 Å². The molecule has 0 amide bonds. The van der Waals surface area contributed by atoms with Crippen molar-refractivity contribution >= 4 is 23.1 Å². The summed E-state index contributed by atoms with van der Waals surface area (Å²) in [5, 5.41) is 13.6. The number of aromatic amines is 1. The van der Waals surface area contributed by atoms with Crippen molar-refractivity contribution in [2.75, 3.05) is 18.5 Å². The molecule has 1 aliphatic rings. The van der Waals surface area contributed by atoms with Crippen molar-refractivity contribution in [2.45, 2.75) is 90.6 Å². The predicted octanol–water partition coefficient (Wildman–Crippen LogP) is 3.13. The molecule has 3 rings (SSSR count). The molecular weight excluding hydrogens is 426 g/mol. The van der Waals surface area contributed by atoms with Crippen LogP contribution in [-0.4, -0.2) is 56.0 Å². The monoisotopic (exact) mass is 463 g/mol. The van der Waals surface area contributed by atoms with E-state index < -0.39 is 18.4 Å². The third-order valence-electron chi connectivity index (χ3n) is 5.88. The number of H-pyrrole nitrogens is 1. The molecule has 0 spiro atoms. The van der Waals surface area contributed by atoms with E-state index in [-0.39, 0.29) is 36.0 Å². The van der Waals surface area contributed by atoms with Crippen molar-refractivity contribution in [1.82, 2.24) is 19.5 Å². The number of esters is 1. The Hall–Kier alpha value is -2.46. The number of imidazole rings is 1. The fourth-order valence-corrected chi connectivity index (χ4v) is 3.88. The summed E-state index contributed by atoms with van der Waals surface area (Å²) >= 11 is 0. The lowest BCUT2D eigenvalue weighted by atomic mass is 10.1. The molecule has 0 unspecified atom stereocenters. The molecule has 184 valence electrons. The van der Waals surface area contributed by atoms with Crippen LogP contribution in [0.25, 0.3) is 11.2 Å². The summed E-state index contributed by atoms with van der Waals surface area (Å²) in [6.07, 6.45) is 8.22. The van der Waals surface area contributed by atoms with E-state index in [0.29, 0.717) is 11.6 Å². The highest BCUT2D eigenvalue weighted by atomic mass is 16.6. The van der Waals surface area contributed by atoms with Gasteiger partial charge in [-0.1, -0.05) is 59.3 Å². The van der Waals surface area contributed by atoms with Gasteiger partial charge in [-0.05, 0) is 6.42 Å². The second kappa shape index (κ2) is 12.1. The molecule has 0 aliphatic carbocycles. The number of unbranched alkanes of at least 4 members (excludes halogenated alkanes) is 6. The maximum atomic E-state index is 12.5. The summed E-state index contributed by atoms with van der Waals surface area (Å²) in [5.41, 5.74) is 0.267. The van der Waals surface area contributed by atoms with Gasteiger partial charge >= 0.3 is 5.97 Å². The van der Waals surface area contributed by atoms with Crippen molar-refractivity contribution in [2.24, 2.45) is 5.92 Å². The van der Waals surface area contributed by atoms with Gasteiger partial charge in [0.15, 0.2) is 11.2 Å². The highest BCUT2D eigenvalue weighted by Crippen LogP contribution is 2.30. The first-order valence-corrected chi connectivity index (χ1v) is 12.1. The number of carbonyl (C=O) groups is 1. The smallest absolute Gasteiger partial charge is 0.308 e. The van der Waals surface area contributed by atoms with Crippen molar-refractivity contribution in [1.29, 1.82) is 0 Å². The maximum absolute atomic E-state index is 12.5. The van der Waals surface area contributed by atoms with Gasteiger partial charge in [0.25, 0.3) is 5.56 Å². The van der Waals surface area contributed by atoms with Crippen molar-refractivity contribution in [3.63, 3.8) is 0 Å². The molecule has 3 atom stereocenters. The molecule has 0 bridgehead atoms. The summed E-state index contributed by atoms with van der Waals surface area (Å²) in [4.78, 5) is 35.6. The Labute approximate surface area is 194 Å². The Kier molecular flexibility index (Phi) is 9.25. The van der Waals surface area contributed by atoms with E-state index in [2.05, 4.69) is 27.2 Å². The van der Waals surface area contributed by atoms with E-state index >= 15 is 0 Å². The second-order valence-electron chi connectivity index (χ2n) is 9.00. The van der Waals surface area contributed by atoms with Gasteiger partial charge in [0.2, 0.25) is 5.95 Å². The van der Waals surface area contributed by atoms with Gasteiger partial charge in [-0.2, -0.15) is 4.98 Å². The number of hydrogen-bond donors (Lipinski definition) is 3. The van der Waals surface area contributed by atoms with Gasteiger partial charge in [-0.25, -0.2) is 4.98 Å². The summed E-state index contributed by atoms with van der Waals surface area (Å²) in [6, 6.07) is 0. The largest absolute Gasteiger partial charge is 0.463 e. The quantitative estimate of drug-likeness (QED) is 0.305. The number of aliphatic hydroxyl groups excluding tert-OH is 1. The van der Waals surface area contributed by atoms with Crippen LogP contribution < -0.4 is 10.9 Å². The summed E-state index contributed by atoms with van der Waals surface area (Å²) in [6.45, 7) is 6.40. The lowest BCUT2D eigenvalue weighted by Gasteiger charge is -2.16. The number of anilines is 1. The van der Waals surface area contributed by atoms with Gasteiger partial charge in [-0.3, -0.25) is 19.1 Å². The second-order valence-corrected chi connectivity index (χ2v) is 9.00. The molecule has 3 N–H and O–H groups in total. The Morgan fingerprint density at radius 1 is 1.30 bits per heavy atom. The number of aromatic nitrogens is 4. The molecule has 3 heterocycles. The summed E-state index contributed by atoms with van der Waals surface area (Å²) in [7, 11) is 0. The number of hydrogen-bond acceptors (Lipinski definition) is 8. The Bertz CT molecular complexity index is 956. The van der Waals surface area contributed by atoms with Crippen LogP contribution in [-0.2, 0) is 14.3 Å². The molecule has 2 aromatic rings. The molecule has 0 radical (unpaired) electrons. The molecule has 33 heavy (non-hydrogen) atoms. The predicted molar refractivity (Wildman–Crippen MR) is 125 cm³/mol. The topological polar surface area (TPSA) is 131 Å². The van der Waals surface area contributed by atoms with E-state index in [1.54, 1.807) is 18.4 Å². The average molecular weight is 464 g/mol. The van der Waals surface area contributed by atoms with Gasteiger partial charge in [0.05, 0.1) is 18.3 Å². The molecule has 0 saturated carbocycles. The zero-order valence-corrected chi connectivity index (χ0v) is 19.9. The fourth-order valence-electron chi connectivity index (χ4n) is 3.88. The first-order chi connectivity index (χ1) is 15.9. The Morgan fingerprint density at radius 2 is 2.03 bits per heavy atom. The number of ether oxygens (including phenoxy) is 2. The SMILES string of the molecule is CCCCCCCCCNc1nc2c(ncn2[C@H]2C[C@H](O)[C@@H](COC(=O)C(C)C)O2)c(=O)[nH]1. The highest BCUT2D eigenvalue weighted by Gasteiger charge is 2.37. The van der Waals surface area contributed by atoms with Gasteiger partial charge in [0, 0.05) is 13.0 Å². The normalized spacial score (nSPS) is 20.6. The molecule has 2 aromatic heterocycles. The first-order valence-electron chi connectivity index (χ1n) is 12.1.